The van der Waals surface area contributed by atoms with Crippen LogP contribution in [-0.2, 0) is 11.2 Å². The summed E-state index contributed by atoms with van der Waals surface area (Å²) in [6, 6.07) is 7.96. The minimum atomic E-state index is -0.495. The van der Waals surface area contributed by atoms with Crippen molar-refractivity contribution in [3.8, 4) is 5.75 Å². The summed E-state index contributed by atoms with van der Waals surface area (Å²) in [5.74, 6) is 0.619. The second-order valence-corrected chi connectivity index (χ2v) is 6.10. The fraction of sp³-hybridized carbons (Fsp3) is 0.588. The summed E-state index contributed by atoms with van der Waals surface area (Å²) >= 11 is 0. The third-order valence-corrected chi connectivity index (χ3v) is 4.37. The number of primary amides is 1. The summed E-state index contributed by atoms with van der Waals surface area (Å²) in [5, 5.41) is 10.1. The molecular weight excluding hydrogens is 280 g/mol. The number of aryl methyl sites for hydroxylation is 1. The van der Waals surface area contributed by atoms with Crippen LogP contribution >= 0.6 is 0 Å². The van der Waals surface area contributed by atoms with Crippen molar-refractivity contribution in [1.29, 1.82) is 0 Å². The number of aliphatic hydroxyl groups is 1. The number of nitrogens with two attached hydrogens (primary N) is 1. The molecule has 1 saturated heterocycles. The van der Waals surface area contributed by atoms with Gasteiger partial charge < -0.3 is 20.5 Å². The second kappa shape index (κ2) is 8.15. The first-order valence-electron chi connectivity index (χ1n) is 8.11. The average molecular weight is 307 g/mol. The van der Waals surface area contributed by atoms with Crippen LogP contribution in [0.5, 0.6) is 5.75 Å². The van der Waals surface area contributed by atoms with Gasteiger partial charge in [0.2, 0.25) is 5.91 Å². The molecule has 0 unspecified atom stereocenters. The Hall–Kier alpha value is -1.59. The molecule has 0 aromatic heterocycles. The quantitative estimate of drug-likeness (QED) is 0.651. The Morgan fingerprint density at radius 1 is 1.45 bits per heavy atom. The average Bonchev–Trinajstić information content (AvgIpc) is 2.53. The molecule has 1 aromatic rings. The highest BCUT2D eigenvalue weighted by Gasteiger charge is 2.27. The van der Waals surface area contributed by atoms with Crippen LogP contribution < -0.4 is 15.4 Å². The third-order valence-electron chi connectivity index (χ3n) is 4.37. The van der Waals surface area contributed by atoms with Crippen molar-refractivity contribution in [1.82, 2.24) is 0 Å². The summed E-state index contributed by atoms with van der Waals surface area (Å²) in [6.45, 7) is 4.83. The Balaban J connectivity index is 1.72. The predicted octanol–water partition coefficient (Wildman–Crippen LogP) is -0.231. The number of quaternary nitrogens is 1. The van der Waals surface area contributed by atoms with Crippen LogP contribution in [0, 0.1) is 5.92 Å². The monoisotopic (exact) mass is 307 g/mol. The Morgan fingerprint density at radius 2 is 2.18 bits per heavy atom. The zero-order chi connectivity index (χ0) is 15.9. The van der Waals surface area contributed by atoms with Crippen LogP contribution in [0.25, 0.3) is 0 Å². The van der Waals surface area contributed by atoms with Crippen LogP contribution in [0.15, 0.2) is 24.3 Å². The lowest BCUT2D eigenvalue weighted by Crippen LogP contribution is -3.14. The lowest BCUT2D eigenvalue weighted by atomic mass is 9.96. The fourth-order valence-electron chi connectivity index (χ4n) is 2.95. The molecule has 0 spiro atoms. The molecular formula is C17H27N2O3+. The van der Waals surface area contributed by atoms with E-state index in [0.29, 0.717) is 13.2 Å². The summed E-state index contributed by atoms with van der Waals surface area (Å²) < 4.78 is 5.67. The van der Waals surface area contributed by atoms with Crippen molar-refractivity contribution < 1.29 is 19.5 Å². The van der Waals surface area contributed by atoms with Gasteiger partial charge in [0.05, 0.1) is 13.1 Å². The van der Waals surface area contributed by atoms with E-state index < -0.39 is 6.10 Å². The highest BCUT2D eigenvalue weighted by Crippen LogP contribution is 2.14. The molecule has 4 N–H and O–H groups in total. The van der Waals surface area contributed by atoms with Gasteiger partial charge in [0.1, 0.15) is 25.0 Å². The fourth-order valence-corrected chi connectivity index (χ4v) is 2.95. The zero-order valence-electron chi connectivity index (χ0n) is 13.3. The van der Waals surface area contributed by atoms with Crippen LogP contribution in [0.1, 0.15) is 25.3 Å². The van der Waals surface area contributed by atoms with Gasteiger partial charge in [-0.05, 0) is 24.1 Å². The van der Waals surface area contributed by atoms with E-state index in [1.807, 2.05) is 18.2 Å². The second-order valence-electron chi connectivity index (χ2n) is 6.10. The first-order chi connectivity index (χ1) is 10.6. The maximum atomic E-state index is 11.1. The Kier molecular flexibility index (Phi) is 6.21. The molecule has 0 aliphatic carbocycles. The van der Waals surface area contributed by atoms with E-state index in [4.69, 9.17) is 10.5 Å². The first-order valence-corrected chi connectivity index (χ1v) is 8.11. The summed E-state index contributed by atoms with van der Waals surface area (Å²) in [5.41, 5.74) is 6.56. The predicted molar refractivity (Wildman–Crippen MR) is 84.8 cm³/mol. The molecule has 122 valence electrons. The summed E-state index contributed by atoms with van der Waals surface area (Å²) in [6.07, 6.45) is 2.11. The van der Waals surface area contributed by atoms with E-state index in [1.54, 1.807) is 0 Å². The lowest BCUT2D eigenvalue weighted by Gasteiger charge is -2.29. The van der Waals surface area contributed by atoms with Gasteiger partial charge in [-0.2, -0.15) is 0 Å². The topological polar surface area (TPSA) is 77.0 Å². The molecule has 1 aliphatic rings. The molecule has 5 nitrogen and oxygen atoms in total. The van der Waals surface area contributed by atoms with Gasteiger partial charge >= 0.3 is 0 Å². The number of piperidine rings is 1. The van der Waals surface area contributed by atoms with E-state index in [9.17, 15) is 9.90 Å². The van der Waals surface area contributed by atoms with E-state index in [0.717, 1.165) is 38.1 Å². The minimum Gasteiger partial charge on any atom is -0.491 e. The maximum absolute atomic E-state index is 11.1. The Morgan fingerprint density at radius 3 is 2.82 bits per heavy atom. The number of hydrogen-bond acceptors (Lipinski definition) is 3. The van der Waals surface area contributed by atoms with Gasteiger partial charge in [-0.15, -0.1) is 0 Å². The van der Waals surface area contributed by atoms with Gasteiger partial charge in [0.15, 0.2) is 0 Å². The number of carbonyl (C=O) groups excluding carboxylic acids is 1. The molecule has 1 aromatic carbocycles. The number of rotatable bonds is 7. The number of nitrogens with one attached hydrogen (secondary N) is 1. The molecule has 1 aliphatic heterocycles. The highest BCUT2D eigenvalue weighted by atomic mass is 16.5. The third kappa shape index (κ3) is 5.00. The van der Waals surface area contributed by atoms with Crippen molar-refractivity contribution in [3.05, 3.63) is 29.8 Å². The number of ether oxygens (including phenoxy) is 1. The normalized spacial score (nSPS) is 23.0. The van der Waals surface area contributed by atoms with Crippen molar-refractivity contribution >= 4 is 5.91 Å². The molecule has 1 amide bonds. The molecule has 5 heteroatoms. The summed E-state index contributed by atoms with van der Waals surface area (Å²) in [4.78, 5) is 12.5. The van der Waals surface area contributed by atoms with E-state index in [-0.39, 0.29) is 11.8 Å². The molecule has 2 rings (SSSR count). The number of likely N-dealkylation sites (tertiary alicyclic amines) is 1. The lowest BCUT2D eigenvalue weighted by molar-refractivity contribution is -0.908. The zero-order valence-corrected chi connectivity index (χ0v) is 13.3. The maximum Gasteiger partial charge on any atom is 0.220 e. The van der Waals surface area contributed by atoms with Crippen molar-refractivity contribution in [2.45, 2.75) is 32.3 Å². The smallest absolute Gasteiger partial charge is 0.220 e. The summed E-state index contributed by atoms with van der Waals surface area (Å²) in [7, 11) is 0. The van der Waals surface area contributed by atoms with Gasteiger partial charge in [-0.25, -0.2) is 0 Å². The number of aliphatic hydroxyl groups excluding tert-OH is 1. The molecule has 0 bridgehead atoms. The van der Waals surface area contributed by atoms with E-state index >= 15 is 0 Å². The molecule has 1 heterocycles. The van der Waals surface area contributed by atoms with Crippen molar-refractivity contribution in [3.63, 3.8) is 0 Å². The first kappa shape index (κ1) is 16.8. The van der Waals surface area contributed by atoms with Crippen LogP contribution in [0.4, 0.5) is 0 Å². The standard InChI is InChI=1S/C17H26N2O3/c1-2-13-4-3-5-16(10-13)22-12-15(20)11-19-8-6-14(7-9-19)17(18)21/h3-5,10,14-15,20H,2,6-9,11-12H2,1H3,(H2,18,21)/p+1/t15-/m0/s1. The molecule has 0 radical (unpaired) electrons. The van der Waals surface area contributed by atoms with Crippen LogP contribution in [-0.4, -0.2) is 43.4 Å². The van der Waals surface area contributed by atoms with E-state index in [2.05, 4.69) is 13.0 Å². The Bertz CT molecular complexity index is 485. The van der Waals surface area contributed by atoms with Crippen molar-refractivity contribution in [2.24, 2.45) is 11.7 Å². The molecule has 1 atom stereocenters. The van der Waals surface area contributed by atoms with Gasteiger partial charge in [-0.1, -0.05) is 19.1 Å². The Labute approximate surface area is 132 Å². The molecule has 22 heavy (non-hydrogen) atoms. The largest absolute Gasteiger partial charge is 0.491 e. The van der Waals surface area contributed by atoms with Gasteiger partial charge in [0, 0.05) is 18.8 Å². The SMILES string of the molecule is CCc1cccc(OC[C@@H](O)C[NH+]2CCC(C(N)=O)CC2)c1. The molecule has 0 saturated carbocycles. The minimum absolute atomic E-state index is 0.00827. The number of hydrogen-bond donors (Lipinski definition) is 3. The van der Waals surface area contributed by atoms with Gasteiger partial charge in [0.25, 0.3) is 0 Å². The van der Waals surface area contributed by atoms with Gasteiger partial charge in [-0.3, -0.25) is 4.79 Å². The number of amides is 1. The molecule has 1 fully saturated rings. The number of benzene rings is 1. The van der Waals surface area contributed by atoms with Crippen molar-refractivity contribution in [2.75, 3.05) is 26.2 Å². The number of carbonyl (C=O) groups is 1. The van der Waals surface area contributed by atoms with Crippen LogP contribution in [0.2, 0.25) is 0 Å². The van der Waals surface area contributed by atoms with Crippen LogP contribution in [0.3, 0.4) is 0 Å². The van der Waals surface area contributed by atoms with E-state index in [1.165, 1.54) is 10.5 Å². The highest BCUT2D eigenvalue weighted by molar-refractivity contribution is 5.76.